The minimum atomic E-state index is -3.82. The normalized spacial score (nSPS) is 11.9. The maximum Gasteiger partial charge on any atom is 0.283 e. The van der Waals surface area contributed by atoms with Crippen molar-refractivity contribution in [2.45, 2.75) is 11.9 Å². The lowest BCUT2D eigenvalue weighted by atomic mass is 10.5. The van der Waals surface area contributed by atoms with Crippen LogP contribution in [-0.4, -0.2) is 30.0 Å². The third-order valence-electron chi connectivity index (χ3n) is 2.58. The molecule has 0 spiro atoms. The monoisotopic (exact) mass is 313 g/mol. The molecular weight excluding hydrogens is 302 g/mol. The highest BCUT2D eigenvalue weighted by molar-refractivity contribution is 7.92. The summed E-state index contributed by atoms with van der Waals surface area (Å²) in [5.41, 5.74) is 0. The Labute approximate surface area is 118 Å². The second-order valence-corrected chi connectivity index (χ2v) is 6.47. The first-order valence-corrected chi connectivity index (χ1v) is 7.97. The van der Waals surface area contributed by atoms with Gasteiger partial charge in [-0.25, -0.2) is 4.98 Å². The van der Waals surface area contributed by atoms with Gasteiger partial charge in [-0.15, -0.1) is 11.3 Å². The van der Waals surface area contributed by atoms with E-state index in [4.69, 9.17) is 4.52 Å². The predicted molar refractivity (Wildman–Crippen MR) is 74.7 cm³/mol. The van der Waals surface area contributed by atoms with Crippen LogP contribution in [0, 0.1) is 6.92 Å². The molecule has 0 aliphatic heterocycles. The summed E-state index contributed by atoms with van der Waals surface area (Å²) in [6.45, 7) is 1.68. The molecule has 3 aromatic rings. The van der Waals surface area contributed by atoms with Gasteiger partial charge < -0.3 is 9.84 Å². The van der Waals surface area contributed by atoms with Crippen molar-refractivity contribution in [3.63, 3.8) is 0 Å². The van der Waals surface area contributed by atoms with Crippen molar-refractivity contribution in [1.82, 2.24) is 14.5 Å². The van der Waals surface area contributed by atoms with Crippen LogP contribution in [0.1, 0.15) is 5.76 Å². The van der Waals surface area contributed by atoms with Crippen LogP contribution in [0.5, 0.6) is 0 Å². The Morgan fingerprint density at radius 1 is 1.45 bits per heavy atom. The van der Waals surface area contributed by atoms with Gasteiger partial charge in [-0.2, -0.15) is 8.42 Å². The molecule has 0 saturated heterocycles. The summed E-state index contributed by atoms with van der Waals surface area (Å²) >= 11 is 1.35. The van der Waals surface area contributed by atoms with Crippen LogP contribution in [0.3, 0.4) is 0 Å². The van der Waals surface area contributed by atoms with E-state index in [1.54, 1.807) is 25.5 Å². The average molecular weight is 313 g/mol. The number of nitrogens with one attached hydrogen (secondary N) is 2. The number of sulfonamides is 1. The fourth-order valence-electron chi connectivity index (χ4n) is 1.79. The summed E-state index contributed by atoms with van der Waals surface area (Å²) in [4.78, 5) is 4.80. The zero-order valence-corrected chi connectivity index (χ0v) is 12.2. The molecule has 106 valence electrons. The van der Waals surface area contributed by atoms with E-state index < -0.39 is 10.0 Å². The highest BCUT2D eigenvalue weighted by Crippen LogP contribution is 2.26. The van der Waals surface area contributed by atoms with Crippen molar-refractivity contribution in [2.24, 2.45) is 0 Å². The van der Waals surface area contributed by atoms with E-state index in [1.165, 1.54) is 21.8 Å². The van der Waals surface area contributed by atoms with Crippen LogP contribution in [0.4, 0.5) is 11.6 Å². The van der Waals surface area contributed by atoms with Crippen LogP contribution in [0.15, 0.2) is 27.2 Å². The summed E-state index contributed by atoms with van der Waals surface area (Å²) in [5.74, 6) is 0.935. The number of nitrogens with zero attached hydrogens (tertiary/aromatic N) is 3. The summed E-state index contributed by atoms with van der Waals surface area (Å²) < 4.78 is 33.7. The first-order chi connectivity index (χ1) is 9.51. The van der Waals surface area contributed by atoms with Crippen molar-refractivity contribution < 1.29 is 12.9 Å². The summed E-state index contributed by atoms with van der Waals surface area (Å²) in [7, 11) is -2.21. The van der Waals surface area contributed by atoms with Gasteiger partial charge in [-0.1, -0.05) is 5.16 Å². The Bertz CT molecular complexity index is 861. The quantitative estimate of drug-likeness (QED) is 0.757. The van der Waals surface area contributed by atoms with Gasteiger partial charge >= 0.3 is 0 Å². The molecule has 2 N–H and O–H groups in total. The van der Waals surface area contributed by atoms with E-state index in [9.17, 15) is 8.42 Å². The Morgan fingerprint density at radius 2 is 2.25 bits per heavy atom. The van der Waals surface area contributed by atoms with Gasteiger partial charge in [0, 0.05) is 24.7 Å². The highest BCUT2D eigenvalue weighted by Gasteiger charge is 2.26. The Morgan fingerprint density at radius 3 is 2.90 bits per heavy atom. The number of imidazole rings is 1. The van der Waals surface area contributed by atoms with Crippen molar-refractivity contribution >= 4 is 38.0 Å². The maximum absolute atomic E-state index is 12.5. The van der Waals surface area contributed by atoms with Gasteiger partial charge in [0.1, 0.15) is 5.76 Å². The largest absolute Gasteiger partial charge is 0.371 e. The molecule has 3 aromatic heterocycles. The first kappa shape index (κ1) is 12.9. The molecule has 8 nitrogen and oxygen atoms in total. The lowest BCUT2D eigenvalue weighted by Crippen LogP contribution is -2.16. The van der Waals surface area contributed by atoms with Gasteiger partial charge in [-0.05, 0) is 6.92 Å². The van der Waals surface area contributed by atoms with E-state index in [1.807, 2.05) is 0 Å². The summed E-state index contributed by atoms with van der Waals surface area (Å²) in [6.07, 6.45) is 1.65. The zero-order valence-electron chi connectivity index (χ0n) is 10.6. The lowest BCUT2D eigenvalue weighted by Gasteiger charge is -2.05. The second kappa shape index (κ2) is 4.49. The SMILES string of the molecule is CNc1nc2sccn2c1S(=O)(=O)Nc1cc(C)on1. The van der Waals surface area contributed by atoms with Crippen LogP contribution in [0.2, 0.25) is 0 Å². The number of thiazole rings is 1. The van der Waals surface area contributed by atoms with Crippen molar-refractivity contribution in [1.29, 1.82) is 0 Å². The van der Waals surface area contributed by atoms with Crippen LogP contribution in [-0.2, 0) is 10.0 Å². The van der Waals surface area contributed by atoms with Crippen molar-refractivity contribution in [2.75, 3.05) is 17.1 Å². The standard InChI is InChI=1S/C10H11N5O3S2/c1-6-5-7(13-18-6)14-20(16,17)9-8(11-2)12-10-15(9)3-4-19-10/h3-5,11H,1-2H3,(H,13,14). The molecule has 0 saturated carbocycles. The van der Waals surface area contributed by atoms with Crippen LogP contribution >= 0.6 is 11.3 Å². The number of fused-ring (bicyclic) bond motifs is 1. The molecule has 0 radical (unpaired) electrons. The molecule has 0 aliphatic rings. The number of aromatic nitrogens is 3. The fraction of sp³-hybridized carbons (Fsp3) is 0.200. The molecule has 0 unspecified atom stereocenters. The lowest BCUT2D eigenvalue weighted by molar-refractivity contribution is 0.400. The topological polar surface area (TPSA) is 102 Å². The molecule has 0 bridgehead atoms. The first-order valence-electron chi connectivity index (χ1n) is 5.61. The van der Waals surface area contributed by atoms with E-state index in [0.717, 1.165) is 0 Å². The number of anilines is 2. The number of hydrogen-bond donors (Lipinski definition) is 2. The van der Waals surface area contributed by atoms with Gasteiger partial charge in [0.2, 0.25) is 5.03 Å². The third kappa shape index (κ3) is 2.02. The molecule has 10 heteroatoms. The molecule has 0 fully saturated rings. The predicted octanol–water partition coefficient (Wildman–Crippen LogP) is 1.53. The van der Waals surface area contributed by atoms with Crippen LogP contribution in [0.25, 0.3) is 4.96 Å². The second-order valence-electron chi connectivity index (χ2n) is 4.00. The van der Waals surface area contributed by atoms with Crippen molar-refractivity contribution in [3.8, 4) is 0 Å². The fourth-order valence-corrected chi connectivity index (χ4v) is 3.83. The molecule has 0 aromatic carbocycles. The summed E-state index contributed by atoms with van der Waals surface area (Å²) in [5, 5.41) is 8.20. The smallest absolute Gasteiger partial charge is 0.283 e. The van der Waals surface area contributed by atoms with E-state index in [2.05, 4.69) is 20.2 Å². The molecule has 3 rings (SSSR count). The minimum absolute atomic E-state index is 0.0388. The average Bonchev–Trinajstić information content (AvgIpc) is 3.02. The van der Waals surface area contributed by atoms with E-state index in [-0.39, 0.29) is 16.7 Å². The van der Waals surface area contributed by atoms with E-state index >= 15 is 0 Å². The van der Waals surface area contributed by atoms with Gasteiger partial charge in [0.25, 0.3) is 10.0 Å². The van der Waals surface area contributed by atoms with Crippen LogP contribution < -0.4 is 10.0 Å². The van der Waals surface area contributed by atoms with Crippen molar-refractivity contribution in [3.05, 3.63) is 23.4 Å². The summed E-state index contributed by atoms with van der Waals surface area (Å²) in [6, 6.07) is 1.50. The molecule has 0 amide bonds. The molecule has 0 atom stereocenters. The third-order valence-corrected chi connectivity index (χ3v) is 4.71. The number of hydrogen-bond acceptors (Lipinski definition) is 7. The molecule has 3 heterocycles. The number of aryl methyl sites for hydroxylation is 1. The Hall–Kier alpha value is -2.07. The minimum Gasteiger partial charge on any atom is -0.371 e. The number of rotatable bonds is 4. The Balaban J connectivity index is 2.10. The molecular formula is C10H11N5O3S2. The van der Waals surface area contributed by atoms with Gasteiger partial charge in [0.05, 0.1) is 0 Å². The molecule has 20 heavy (non-hydrogen) atoms. The maximum atomic E-state index is 12.5. The zero-order chi connectivity index (χ0) is 14.3. The Kier molecular flexibility index (Phi) is 2.91. The highest BCUT2D eigenvalue weighted by atomic mass is 32.2. The van der Waals surface area contributed by atoms with E-state index in [0.29, 0.717) is 10.7 Å². The van der Waals surface area contributed by atoms with Gasteiger partial charge in [-0.3, -0.25) is 9.12 Å². The van der Waals surface area contributed by atoms with Gasteiger partial charge in [0.15, 0.2) is 16.6 Å². The molecule has 0 aliphatic carbocycles.